The molecule has 22 heavy (non-hydrogen) atoms. The third-order valence-corrected chi connectivity index (χ3v) is 7.21. The summed E-state index contributed by atoms with van der Waals surface area (Å²) in [5.74, 6) is 0.156. The van der Waals surface area contributed by atoms with Crippen molar-refractivity contribution in [2.75, 3.05) is 26.7 Å². The minimum absolute atomic E-state index is 0.156. The lowest BCUT2D eigenvalue weighted by Gasteiger charge is -2.21. The first-order valence-corrected chi connectivity index (χ1v) is 10.1. The molecule has 0 N–H and O–H groups in total. The molecule has 1 fully saturated rings. The molecule has 1 aromatic heterocycles. The van der Waals surface area contributed by atoms with E-state index in [0.717, 1.165) is 25.9 Å². The highest BCUT2D eigenvalue weighted by molar-refractivity contribution is 7.91. The second-order valence-electron chi connectivity index (χ2n) is 5.66. The molecule has 1 aliphatic heterocycles. The second kappa shape index (κ2) is 8.08. The largest absolute Gasteiger partial charge is 0.343 e. The molecule has 1 saturated heterocycles. The van der Waals surface area contributed by atoms with Crippen molar-refractivity contribution in [1.82, 2.24) is 9.21 Å². The molecule has 124 valence electrons. The fourth-order valence-electron chi connectivity index (χ4n) is 2.62. The SMILES string of the molecule is CN(CCCC(=O)N1CCCCCC1)S(=O)(=O)c1cccs1. The van der Waals surface area contributed by atoms with Crippen LogP contribution in [0.5, 0.6) is 0 Å². The molecule has 1 aliphatic rings. The smallest absolute Gasteiger partial charge is 0.252 e. The van der Waals surface area contributed by atoms with Gasteiger partial charge in [-0.15, -0.1) is 11.3 Å². The van der Waals surface area contributed by atoms with Crippen LogP contribution < -0.4 is 0 Å². The number of nitrogens with zero attached hydrogens (tertiary/aromatic N) is 2. The molecule has 0 radical (unpaired) electrons. The lowest BCUT2D eigenvalue weighted by atomic mass is 10.2. The van der Waals surface area contributed by atoms with Crippen LogP contribution >= 0.6 is 11.3 Å². The van der Waals surface area contributed by atoms with Crippen LogP contribution in [0.1, 0.15) is 38.5 Å². The Bertz CT molecular complexity index is 562. The quantitative estimate of drug-likeness (QED) is 0.797. The third kappa shape index (κ3) is 4.54. The highest BCUT2D eigenvalue weighted by Crippen LogP contribution is 2.20. The van der Waals surface area contributed by atoms with Crippen molar-refractivity contribution < 1.29 is 13.2 Å². The first-order chi connectivity index (χ1) is 10.5. The van der Waals surface area contributed by atoms with Gasteiger partial charge in [0.25, 0.3) is 10.0 Å². The van der Waals surface area contributed by atoms with Crippen molar-refractivity contribution in [2.45, 2.75) is 42.7 Å². The summed E-state index contributed by atoms with van der Waals surface area (Å²) in [6.45, 7) is 2.07. The monoisotopic (exact) mass is 344 g/mol. The maximum atomic E-state index is 12.3. The van der Waals surface area contributed by atoms with Crippen LogP contribution in [0.4, 0.5) is 0 Å². The van der Waals surface area contributed by atoms with Gasteiger partial charge < -0.3 is 4.90 Å². The molecule has 1 amide bonds. The number of rotatable bonds is 6. The van der Waals surface area contributed by atoms with Crippen molar-refractivity contribution in [3.63, 3.8) is 0 Å². The molecule has 0 aliphatic carbocycles. The van der Waals surface area contributed by atoms with Crippen LogP contribution in [0.3, 0.4) is 0 Å². The molecule has 1 aromatic rings. The zero-order valence-electron chi connectivity index (χ0n) is 13.0. The van der Waals surface area contributed by atoms with Crippen LogP contribution in [0, 0.1) is 0 Å². The van der Waals surface area contributed by atoms with Crippen molar-refractivity contribution in [3.05, 3.63) is 17.5 Å². The van der Waals surface area contributed by atoms with E-state index in [1.807, 2.05) is 4.90 Å². The van der Waals surface area contributed by atoms with Gasteiger partial charge in [-0.05, 0) is 30.7 Å². The number of hydrogen-bond donors (Lipinski definition) is 0. The Morgan fingerprint density at radius 3 is 2.55 bits per heavy atom. The fraction of sp³-hybridized carbons (Fsp3) is 0.667. The molecule has 0 saturated carbocycles. The molecule has 5 nitrogen and oxygen atoms in total. The summed E-state index contributed by atoms with van der Waals surface area (Å²) in [6.07, 6.45) is 5.55. The van der Waals surface area contributed by atoms with Gasteiger partial charge in [0.15, 0.2) is 0 Å². The van der Waals surface area contributed by atoms with E-state index < -0.39 is 10.0 Å². The summed E-state index contributed by atoms with van der Waals surface area (Å²) in [4.78, 5) is 14.1. The van der Waals surface area contributed by atoms with Gasteiger partial charge >= 0.3 is 0 Å². The average Bonchev–Trinajstić information content (AvgIpc) is 2.90. The van der Waals surface area contributed by atoms with E-state index in [9.17, 15) is 13.2 Å². The standard InChI is InChI=1S/C15H24N2O3S2/c1-16(22(19,20)15-9-7-13-21-15)10-6-8-14(18)17-11-4-2-3-5-12-17/h7,9,13H,2-6,8,10-12H2,1H3. The van der Waals surface area contributed by atoms with Crippen molar-refractivity contribution in [2.24, 2.45) is 0 Å². The normalized spacial score (nSPS) is 16.7. The van der Waals surface area contributed by atoms with Gasteiger partial charge in [0, 0.05) is 33.1 Å². The Labute approximate surface area is 137 Å². The Kier molecular flexibility index (Phi) is 6.40. The van der Waals surface area contributed by atoms with Gasteiger partial charge in [0.2, 0.25) is 5.91 Å². The lowest BCUT2D eigenvalue weighted by molar-refractivity contribution is -0.131. The van der Waals surface area contributed by atoms with E-state index in [1.54, 1.807) is 24.6 Å². The summed E-state index contributed by atoms with van der Waals surface area (Å²) in [7, 11) is -1.82. The molecular weight excluding hydrogens is 320 g/mol. The first-order valence-electron chi connectivity index (χ1n) is 7.79. The highest BCUT2D eigenvalue weighted by Gasteiger charge is 2.22. The molecule has 0 atom stereocenters. The minimum atomic E-state index is -3.40. The highest BCUT2D eigenvalue weighted by atomic mass is 32.2. The molecule has 0 spiro atoms. The predicted molar refractivity (Wildman–Crippen MR) is 88.4 cm³/mol. The third-order valence-electron chi connectivity index (χ3n) is 3.98. The van der Waals surface area contributed by atoms with E-state index >= 15 is 0 Å². The number of thiophene rings is 1. The molecular formula is C15H24N2O3S2. The van der Waals surface area contributed by atoms with Crippen LogP contribution in [-0.2, 0) is 14.8 Å². The zero-order valence-corrected chi connectivity index (χ0v) is 14.7. The Morgan fingerprint density at radius 2 is 1.95 bits per heavy atom. The van der Waals surface area contributed by atoms with Crippen LogP contribution in [0.25, 0.3) is 0 Å². The summed E-state index contributed by atoms with van der Waals surface area (Å²) >= 11 is 1.22. The van der Waals surface area contributed by atoms with E-state index in [1.165, 1.54) is 28.5 Å². The maximum absolute atomic E-state index is 12.3. The summed E-state index contributed by atoms with van der Waals surface area (Å²) < 4.78 is 26.2. The Morgan fingerprint density at radius 1 is 1.27 bits per heavy atom. The molecule has 2 rings (SSSR count). The molecule has 0 aromatic carbocycles. The zero-order chi connectivity index (χ0) is 16.0. The van der Waals surface area contributed by atoms with Crippen molar-refractivity contribution in [1.29, 1.82) is 0 Å². The predicted octanol–water partition coefficient (Wildman–Crippen LogP) is 2.55. The molecule has 0 unspecified atom stereocenters. The second-order valence-corrected chi connectivity index (χ2v) is 8.88. The van der Waals surface area contributed by atoms with Gasteiger partial charge in [-0.2, -0.15) is 0 Å². The molecule has 7 heteroatoms. The number of carbonyl (C=O) groups excluding carboxylic acids is 1. The number of amides is 1. The van der Waals surface area contributed by atoms with E-state index in [-0.39, 0.29) is 5.91 Å². The van der Waals surface area contributed by atoms with Crippen molar-refractivity contribution in [3.8, 4) is 0 Å². The van der Waals surface area contributed by atoms with Crippen LogP contribution in [-0.4, -0.2) is 50.2 Å². The first kappa shape index (κ1) is 17.4. The van der Waals surface area contributed by atoms with Gasteiger partial charge in [-0.25, -0.2) is 12.7 Å². The number of likely N-dealkylation sites (tertiary alicyclic amines) is 1. The van der Waals surface area contributed by atoms with Crippen molar-refractivity contribution >= 4 is 27.3 Å². The number of hydrogen-bond acceptors (Lipinski definition) is 4. The minimum Gasteiger partial charge on any atom is -0.343 e. The summed E-state index contributed by atoms with van der Waals surface area (Å²) in [5, 5.41) is 1.75. The average molecular weight is 345 g/mol. The van der Waals surface area contributed by atoms with Crippen LogP contribution in [0.2, 0.25) is 0 Å². The Balaban J connectivity index is 1.79. The Hall–Kier alpha value is -0.920. The number of sulfonamides is 1. The van der Waals surface area contributed by atoms with E-state index in [0.29, 0.717) is 23.6 Å². The topological polar surface area (TPSA) is 57.7 Å². The van der Waals surface area contributed by atoms with Crippen LogP contribution in [0.15, 0.2) is 21.7 Å². The van der Waals surface area contributed by atoms with E-state index in [4.69, 9.17) is 0 Å². The summed E-state index contributed by atoms with van der Waals surface area (Å²) in [5.41, 5.74) is 0. The molecule has 0 bridgehead atoms. The summed E-state index contributed by atoms with van der Waals surface area (Å²) in [6, 6.07) is 3.34. The van der Waals surface area contributed by atoms with Gasteiger partial charge in [0.1, 0.15) is 4.21 Å². The van der Waals surface area contributed by atoms with E-state index in [2.05, 4.69) is 0 Å². The lowest BCUT2D eigenvalue weighted by Crippen LogP contribution is -2.33. The maximum Gasteiger partial charge on any atom is 0.252 e. The fourth-order valence-corrected chi connectivity index (χ4v) is 5.03. The molecule has 2 heterocycles. The van der Waals surface area contributed by atoms with Gasteiger partial charge in [-0.3, -0.25) is 4.79 Å². The van der Waals surface area contributed by atoms with Gasteiger partial charge in [-0.1, -0.05) is 18.9 Å². The van der Waals surface area contributed by atoms with Gasteiger partial charge in [0.05, 0.1) is 0 Å². The number of carbonyl (C=O) groups is 1.